The monoisotopic (exact) mass is 396 g/mol. The van der Waals surface area contributed by atoms with E-state index < -0.39 is 0 Å². The Bertz CT molecular complexity index is 1130. The molecule has 2 N–H and O–H groups in total. The molecule has 2 aromatic carbocycles. The minimum atomic E-state index is -0.131. The Kier molecular flexibility index (Phi) is 4.79. The second-order valence-electron chi connectivity index (χ2n) is 5.99. The molecule has 7 heteroatoms. The van der Waals surface area contributed by atoms with Crippen molar-refractivity contribution in [1.82, 2.24) is 15.2 Å². The van der Waals surface area contributed by atoms with Gasteiger partial charge in [0.1, 0.15) is 0 Å². The van der Waals surface area contributed by atoms with E-state index in [0.717, 1.165) is 22.3 Å². The number of para-hydroxylation sites is 1. The highest BCUT2D eigenvalue weighted by Gasteiger charge is 2.12. The van der Waals surface area contributed by atoms with Crippen molar-refractivity contribution in [2.24, 2.45) is 0 Å². The molecule has 0 saturated heterocycles. The molecule has 27 heavy (non-hydrogen) atoms. The number of amides is 1. The Morgan fingerprint density at radius 3 is 2.59 bits per heavy atom. The molecule has 0 saturated carbocycles. The standard InChI is InChI=1S/C20H14Cl2N4O/c21-16-9-6-12(10-17(16)22)19-15-8-7-14(24-20(15)26-25-19)11-18(27)23-13-4-2-1-3-5-13/h1-10H,11H2,(H,23,27)(H,24,25,26). The highest BCUT2D eigenvalue weighted by molar-refractivity contribution is 6.42. The number of hydrogen-bond acceptors (Lipinski definition) is 3. The normalized spacial score (nSPS) is 10.9. The summed E-state index contributed by atoms with van der Waals surface area (Å²) in [5.74, 6) is -0.131. The molecule has 0 bridgehead atoms. The molecular weight excluding hydrogens is 383 g/mol. The average molecular weight is 397 g/mol. The summed E-state index contributed by atoms with van der Waals surface area (Å²) in [4.78, 5) is 16.7. The smallest absolute Gasteiger partial charge is 0.230 e. The SMILES string of the molecule is O=C(Cc1ccc2c(-c3ccc(Cl)c(Cl)c3)[nH]nc2n1)Nc1ccccc1. The molecule has 0 aliphatic heterocycles. The molecule has 0 fully saturated rings. The highest BCUT2D eigenvalue weighted by Crippen LogP contribution is 2.31. The van der Waals surface area contributed by atoms with Crippen molar-refractivity contribution in [2.75, 3.05) is 5.32 Å². The molecule has 0 spiro atoms. The van der Waals surface area contributed by atoms with Crippen molar-refractivity contribution >= 4 is 45.8 Å². The van der Waals surface area contributed by atoms with Crippen LogP contribution in [0.5, 0.6) is 0 Å². The number of anilines is 1. The second-order valence-corrected chi connectivity index (χ2v) is 6.81. The number of halogens is 2. The van der Waals surface area contributed by atoms with Gasteiger partial charge in [0.25, 0.3) is 0 Å². The van der Waals surface area contributed by atoms with Crippen LogP contribution in [0.3, 0.4) is 0 Å². The number of nitrogens with one attached hydrogen (secondary N) is 2. The first-order valence-corrected chi connectivity index (χ1v) is 9.00. The van der Waals surface area contributed by atoms with E-state index in [1.54, 1.807) is 12.1 Å². The fraction of sp³-hybridized carbons (Fsp3) is 0.0500. The van der Waals surface area contributed by atoms with E-state index >= 15 is 0 Å². The van der Waals surface area contributed by atoms with Crippen LogP contribution in [-0.2, 0) is 11.2 Å². The molecule has 0 atom stereocenters. The fourth-order valence-electron chi connectivity index (χ4n) is 2.80. The van der Waals surface area contributed by atoms with Gasteiger partial charge in [0.2, 0.25) is 5.91 Å². The maximum atomic E-state index is 12.2. The average Bonchev–Trinajstić information content (AvgIpc) is 3.08. The highest BCUT2D eigenvalue weighted by atomic mass is 35.5. The maximum Gasteiger partial charge on any atom is 0.230 e. The zero-order valence-corrected chi connectivity index (χ0v) is 15.6. The number of pyridine rings is 1. The largest absolute Gasteiger partial charge is 0.326 e. The summed E-state index contributed by atoms with van der Waals surface area (Å²) >= 11 is 12.1. The Labute approximate surface area is 165 Å². The molecule has 1 amide bonds. The van der Waals surface area contributed by atoms with Gasteiger partial charge in [0.15, 0.2) is 5.65 Å². The van der Waals surface area contributed by atoms with Gasteiger partial charge in [-0.3, -0.25) is 9.89 Å². The van der Waals surface area contributed by atoms with Gasteiger partial charge in [-0.05, 0) is 36.4 Å². The summed E-state index contributed by atoms with van der Waals surface area (Å²) in [7, 11) is 0. The lowest BCUT2D eigenvalue weighted by Crippen LogP contribution is -2.15. The molecule has 2 heterocycles. The first-order chi connectivity index (χ1) is 13.1. The van der Waals surface area contributed by atoms with Crippen LogP contribution < -0.4 is 5.32 Å². The Hall–Kier alpha value is -2.89. The van der Waals surface area contributed by atoms with Crippen LogP contribution >= 0.6 is 23.2 Å². The number of nitrogens with zero attached hydrogens (tertiary/aromatic N) is 2. The van der Waals surface area contributed by atoms with E-state index in [9.17, 15) is 4.79 Å². The van der Waals surface area contributed by atoms with Crippen molar-refractivity contribution < 1.29 is 4.79 Å². The van der Waals surface area contributed by atoms with E-state index in [-0.39, 0.29) is 12.3 Å². The molecule has 2 aromatic heterocycles. The van der Waals surface area contributed by atoms with Crippen LogP contribution in [0.2, 0.25) is 10.0 Å². The molecule has 0 aliphatic rings. The minimum Gasteiger partial charge on any atom is -0.326 e. The number of fused-ring (bicyclic) bond motifs is 1. The predicted octanol–water partition coefficient (Wildman–Crippen LogP) is 5.11. The Morgan fingerprint density at radius 2 is 1.81 bits per heavy atom. The Balaban J connectivity index is 1.57. The lowest BCUT2D eigenvalue weighted by Gasteiger charge is -2.05. The van der Waals surface area contributed by atoms with Crippen LogP contribution in [0, 0.1) is 0 Å². The summed E-state index contributed by atoms with van der Waals surface area (Å²) in [6.07, 6.45) is 0.166. The van der Waals surface area contributed by atoms with Gasteiger partial charge in [-0.25, -0.2) is 4.98 Å². The van der Waals surface area contributed by atoms with Crippen LogP contribution in [0.1, 0.15) is 5.69 Å². The van der Waals surface area contributed by atoms with Crippen LogP contribution in [-0.4, -0.2) is 21.1 Å². The molecule has 134 valence electrons. The third-order valence-electron chi connectivity index (χ3n) is 4.08. The molecule has 0 unspecified atom stereocenters. The van der Waals surface area contributed by atoms with E-state index in [1.165, 1.54) is 0 Å². The van der Waals surface area contributed by atoms with E-state index in [4.69, 9.17) is 23.2 Å². The first-order valence-electron chi connectivity index (χ1n) is 8.24. The van der Waals surface area contributed by atoms with Crippen molar-refractivity contribution in [2.45, 2.75) is 6.42 Å². The van der Waals surface area contributed by atoms with Gasteiger partial charge in [0.05, 0.1) is 27.9 Å². The lowest BCUT2D eigenvalue weighted by molar-refractivity contribution is -0.115. The fourth-order valence-corrected chi connectivity index (χ4v) is 3.10. The summed E-state index contributed by atoms with van der Waals surface area (Å²) in [5, 5.41) is 11.9. The van der Waals surface area contributed by atoms with Crippen molar-refractivity contribution in [1.29, 1.82) is 0 Å². The summed E-state index contributed by atoms with van der Waals surface area (Å²) in [5.41, 5.74) is 3.61. The molecular formula is C20H14Cl2N4O. The van der Waals surface area contributed by atoms with E-state index in [0.29, 0.717) is 21.4 Å². The summed E-state index contributed by atoms with van der Waals surface area (Å²) in [6.45, 7) is 0. The van der Waals surface area contributed by atoms with Gasteiger partial charge in [-0.2, -0.15) is 5.10 Å². The number of hydrogen-bond donors (Lipinski definition) is 2. The topological polar surface area (TPSA) is 70.7 Å². The van der Waals surface area contributed by atoms with Gasteiger partial charge in [0, 0.05) is 16.6 Å². The molecule has 0 aliphatic carbocycles. The van der Waals surface area contributed by atoms with Crippen LogP contribution in [0.15, 0.2) is 60.7 Å². The maximum absolute atomic E-state index is 12.2. The molecule has 5 nitrogen and oxygen atoms in total. The number of H-pyrrole nitrogens is 1. The third-order valence-corrected chi connectivity index (χ3v) is 4.82. The van der Waals surface area contributed by atoms with Crippen LogP contribution in [0.4, 0.5) is 5.69 Å². The predicted molar refractivity (Wildman–Crippen MR) is 108 cm³/mol. The van der Waals surface area contributed by atoms with Gasteiger partial charge in [-0.1, -0.05) is 47.5 Å². The zero-order valence-electron chi connectivity index (χ0n) is 14.0. The number of carbonyl (C=O) groups is 1. The lowest BCUT2D eigenvalue weighted by atomic mass is 10.1. The van der Waals surface area contributed by atoms with Gasteiger partial charge >= 0.3 is 0 Å². The minimum absolute atomic E-state index is 0.131. The summed E-state index contributed by atoms with van der Waals surface area (Å²) < 4.78 is 0. The number of aromatic nitrogens is 3. The molecule has 0 radical (unpaired) electrons. The van der Waals surface area contributed by atoms with Crippen molar-refractivity contribution in [3.8, 4) is 11.3 Å². The first kappa shape index (κ1) is 17.5. The molecule has 4 rings (SSSR count). The van der Waals surface area contributed by atoms with Crippen LogP contribution in [0.25, 0.3) is 22.3 Å². The van der Waals surface area contributed by atoms with Gasteiger partial charge in [-0.15, -0.1) is 0 Å². The van der Waals surface area contributed by atoms with E-state index in [1.807, 2.05) is 48.5 Å². The number of aromatic amines is 1. The number of benzene rings is 2. The zero-order chi connectivity index (χ0) is 18.8. The van der Waals surface area contributed by atoms with E-state index in [2.05, 4.69) is 20.5 Å². The van der Waals surface area contributed by atoms with Crippen molar-refractivity contribution in [3.05, 3.63) is 76.4 Å². The molecule has 4 aromatic rings. The Morgan fingerprint density at radius 1 is 1.00 bits per heavy atom. The third kappa shape index (κ3) is 3.79. The summed E-state index contributed by atoms with van der Waals surface area (Å²) in [6, 6.07) is 18.4. The second kappa shape index (κ2) is 7.39. The quantitative estimate of drug-likeness (QED) is 0.503. The van der Waals surface area contributed by atoms with Gasteiger partial charge < -0.3 is 5.32 Å². The number of rotatable bonds is 4. The van der Waals surface area contributed by atoms with Crippen molar-refractivity contribution in [3.63, 3.8) is 0 Å². The number of carbonyl (C=O) groups excluding carboxylic acids is 1.